The molecule has 1 atom stereocenters. The molecule has 7 heteroatoms. The van der Waals surface area contributed by atoms with Crippen LogP contribution in [0.25, 0.3) is 0 Å². The zero-order chi connectivity index (χ0) is 23.0. The number of hydrogen-bond acceptors (Lipinski definition) is 6. The summed E-state index contributed by atoms with van der Waals surface area (Å²) in [6.45, 7) is 12.3. The van der Waals surface area contributed by atoms with Crippen molar-refractivity contribution in [3.63, 3.8) is 0 Å². The minimum atomic E-state index is -0.0772. The molecule has 0 bridgehead atoms. The first-order chi connectivity index (χ1) is 14.9. The van der Waals surface area contributed by atoms with Gasteiger partial charge < -0.3 is 10.1 Å². The molecule has 0 spiro atoms. The number of carbonyl (C=O) groups is 1. The van der Waals surface area contributed by atoms with Gasteiger partial charge in [-0.3, -0.25) is 9.69 Å². The van der Waals surface area contributed by atoms with Crippen molar-refractivity contribution in [2.45, 2.75) is 45.7 Å². The second kappa shape index (κ2) is 11.7. The second-order valence-corrected chi connectivity index (χ2v) is 8.31. The second-order valence-electron chi connectivity index (χ2n) is 7.35. The van der Waals surface area contributed by atoms with E-state index in [-0.39, 0.29) is 17.7 Å². The molecule has 1 amide bonds. The molecule has 166 valence electrons. The van der Waals surface area contributed by atoms with E-state index in [4.69, 9.17) is 4.74 Å². The number of nitriles is 1. The SMILES string of the molecule is CCN(CC)C(CNC(=O)CSc1nc(C)c(C)c(C)c1C#N)c1cccc(OC)c1. The average molecular weight is 441 g/mol. The molecule has 6 nitrogen and oxygen atoms in total. The smallest absolute Gasteiger partial charge is 0.230 e. The quantitative estimate of drug-likeness (QED) is 0.559. The van der Waals surface area contributed by atoms with E-state index < -0.39 is 0 Å². The van der Waals surface area contributed by atoms with Gasteiger partial charge in [-0.1, -0.05) is 37.7 Å². The Bertz CT molecular complexity index is 951. The third-order valence-corrected chi connectivity index (χ3v) is 6.61. The van der Waals surface area contributed by atoms with Crippen molar-refractivity contribution in [1.82, 2.24) is 15.2 Å². The number of likely N-dealkylation sites (N-methyl/N-ethyl adjacent to an activating group) is 1. The Morgan fingerprint density at radius 3 is 2.58 bits per heavy atom. The molecule has 0 aliphatic carbocycles. The van der Waals surface area contributed by atoms with Crippen LogP contribution in [0, 0.1) is 32.1 Å². The van der Waals surface area contributed by atoms with Crippen LogP contribution in [0.5, 0.6) is 5.75 Å². The van der Waals surface area contributed by atoms with Gasteiger partial charge in [0.15, 0.2) is 0 Å². The summed E-state index contributed by atoms with van der Waals surface area (Å²) >= 11 is 1.31. The van der Waals surface area contributed by atoms with Gasteiger partial charge in [0.25, 0.3) is 0 Å². The van der Waals surface area contributed by atoms with E-state index in [2.05, 4.69) is 41.2 Å². The molecule has 0 aliphatic rings. The van der Waals surface area contributed by atoms with E-state index in [0.29, 0.717) is 17.1 Å². The molecule has 2 rings (SSSR count). The Balaban J connectivity index is 2.09. The minimum absolute atomic E-state index is 0.0516. The Kier molecular flexibility index (Phi) is 9.35. The molecule has 0 saturated heterocycles. The highest BCUT2D eigenvalue weighted by Crippen LogP contribution is 2.27. The maximum absolute atomic E-state index is 12.6. The number of benzene rings is 1. The number of rotatable bonds is 10. The highest BCUT2D eigenvalue weighted by molar-refractivity contribution is 8.00. The molecular formula is C24H32N4O2S. The standard InChI is InChI=1S/C24H32N4O2S/c1-7-28(8-2)22(19-10-9-11-20(12-19)30-6)14-26-23(29)15-31-24-21(13-25)17(4)16(3)18(5)27-24/h9-12,22H,7-8,14-15H2,1-6H3,(H,26,29). The van der Waals surface area contributed by atoms with Crippen molar-refractivity contribution in [3.05, 3.63) is 52.2 Å². The number of methoxy groups -OCH3 is 1. The van der Waals surface area contributed by atoms with Crippen molar-refractivity contribution in [1.29, 1.82) is 5.26 Å². The topological polar surface area (TPSA) is 78.3 Å². The lowest BCUT2D eigenvalue weighted by Gasteiger charge is -2.30. The number of nitrogens with one attached hydrogen (secondary N) is 1. The fourth-order valence-corrected chi connectivity index (χ4v) is 4.43. The lowest BCUT2D eigenvalue weighted by molar-refractivity contribution is -0.118. The predicted molar refractivity (Wildman–Crippen MR) is 126 cm³/mol. The fraction of sp³-hybridized carbons (Fsp3) is 0.458. The van der Waals surface area contributed by atoms with Crippen molar-refractivity contribution < 1.29 is 9.53 Å². The maximum Gasteiger partial charge on any atom is 0.230 e. The van der Waals surface area contributed by atoms with Crippen molar-refractivity contribution in [2.24, 2.45) is 0 Å². The highest BCUT2D eigenvalue weighted by Gasteiger charge is 2.20. The zero-order valence-corrected chi connectivity index (χ0v) is 20.1. The normalized spacial score (nSPS) is 11.8. The van der Waals surface area contributed by atoms with E-state index in [1.807, 2.05) is 39.0 Å². The summed E-state index contributed by atoms with van der Waals surface area (Å²) in [5.41, 5.74) is 4.50. The van der Waals surface area contributed by atoms with Crippen LogP contribution in [-0.4, -0.2) is 48.3 Å². The van der Waals surface area contributed by atoms with E-state index in [0.717, 1.165) is 41.2 Å². The number of hydrogen-bond donors (Lipinski definition) is 1. The van der Waals surface area contributed by atoms with Gasteiger partial charge in [-0.05, 0) is 62.7 Å². The van der Waals surface area contributed by atoms with Gasteiger partial charge in [0.2, 0.25) is 5.91 Å². The first kappa shape index (κ1) is 24.7. The van der Waals surface area contributed by atoms with Gasteiger partial charge in [0.1, 0.15) is 16.8 Å². The summed E-state index contributed by atoms with van der Waals surface area (Å²) < 4.78 is 5.37. The minimum Gasteiger partial charge on any atom is -0.497 e. The molecule has 0 saturated carbocycles. The summed E-state index contributed by atoms with van der Waals surface area (Å²) in [5, 5.41) is 13.2. The van der Waals surface area contributed by atoms with Gasteiger partial charge in [-0.25, -0.2) is 4.98 Å². The zero-order valence-electron chi connectivity index (χ0n) is 19.3. The number of amides is 1. The Hall–Kier alpha value is -2.56. The van der Waals surface area contributed by atoms with Crippen molar-refractivity contribution >= 4 is 17.7 Å². The number of aryl methyl sites for hydroxylation is 1. The molecular weight excluding hydrogens is 408 g/mol. The number of pyridine rings is 1. The number of nitrogens with zero attached hydrogens (tertiary/aromatic N) is 3. The molecule has 1 heterocycles. The third-order valence-electron chi connectivity index (χ3n) is 5.64. The molecule has 2 aromatic rings. The Labute approximate surface area is 190 Å². The van der Waals surface area contributed by atoms with Gasteiger partial charge in [-0.2, -0.15) is 5.26 Å². The number of carbonyl (C=O) groups excluding carboxylic acids is 1. The molecule has 0 radical (unpaired) electrons. The fourth-order valence-electron chi connectivity index (χ4n) is 3.51. The largest absolute Gasteiger partial charge is 0.497 e. The van der Waals surface area contributed by atoms with E-state index in [9.17, 15) is 10.1 Å². The highest BCUT2D eigenvalue weighted by atomic mass is 32.2. The van der Waals surface area contributed by atoms with E-state index in [1.165, 1.54) is 11.8 Å². The Morgan fingerprint density at radius 2 is 1.97 bits per heavy atom. The van der Waals surface area contributed by atoms with Gasteiger partial charge in [0, 0.05) is 12.2 Å². The summed E-state index contributed by atoms with van der Waals surface area (Å²) in [5.74, 6) is 0.940. The van der Waals surface area contributed by atoms with E-state index in [1.54, 1.807) is 7.11 Å². The van der Waals surface area contributed by atoms with Crippen molar-refractivity contribution in [2.75, 3.05) is 32.5 Å². The predicted octanol–water partition coefficient (Wildman–Crippen LogP) is 4.18. The van der Waals surface area contributed by atoms with Crippen LogP contribution < -0.4 is 10.1 Å². The summed E-state index contributed by atoms with van der Waals surface area (Å²) in [7, 11) is 1.66. The summed E-state index contributed by atoms with van der Waals surface area (Å²) in [6, 6.07) is 10.3. The lowest BCUT2D eigenvalue weighted by Crippen LogP contribution is -2.38. The van der Waals surface area contributed by atoms with Gasteiger partial charge in [-0.15, -0.1) is 0 Å². The monoisotopic (exact) mass is 440 g/mol. The molecule has 0 aliphatic heterocycles. The van der Waals surface area contributed by atoms with Crippen LogP contribution in [0.15, 0.2) is 29.3 Å². The summed E-state index contributed by atoms with van der Waals surface area (Å²) in [4.78, 5) is 19.5. The lowest BCUT2D eigenvalue weighted by atomic mass is 10.0. The van der Waals surface area contributed by atoms with Crippen LogP contribution in [0.4, 0.5) is 0 Å². The molecule has 1 aromatic heterocycles. The Morgan fingerprint density at radius 1 is 1.26 bits per heavy atom. The molecule has 1 aromatic carbocycles. The van der Waals surface area contributed by atoms with Crippen LogP contribution >= 0.6 is 11.8 Å². The number of ether oxygens (including phenoxy) is 1. The van der Waals surface area contributed by atoms with E-state index >= 15 is 0 Å². The first-order valence-electron chi connectivity index (χ1n) is 10.5. The van der Waals surface area contributed by atoms with Gasteiger partial charge >= 0.3 is 0 Å². The molecule has 31 heavy (non-hydrogen) atoms. The van der Waals surface area contributed by atoms with Gasteiger partial charge in [0.05, 0.1) is 24.5 Å². The van der Waals surface area contributed by atoms with Crippen LogP contribution in [0.3, 0.4) is 0 Å². The molecule has 1 unspecified atom stereocenters. The molecule has 0 fully saturated rings. The number of aromatic nitrogens is 1. The number of thioether (sulfide) groups is 1. The molecule has 1 N–H and O–H groups in total. The summed E-state index contributed by atoms with van der Waals surface area (Å²) in [6.07, 6.45) is 0. The first-order valence-corrected chi connectivity index (χ1v) is 11.5. The average Bonchev–Trinajstić information content (AvgIpc) is 2.78. The van der Waals surface area contributed by atoms with Crippen LogP contribution in [0.2, 0.25) is 0 Å². The van der Waals surface area contributed by atoms with Crippen molar-refractivity contribution in [3.8, 4) is 11.8 Å². The van der Waals surface area contributed by atoms with Crippen LogP contribution in [0.1, 0.15) is 47.8 Å². The maximum atomic E-state index is 12.6. The van der Waals surface area contributed by atoms with Crippen LogP contribution in [-0.2, 0) is 4.79 Å². The third kappa shape index (κ3) is 6.22.